The molecule has 5 nitrogen and oxygen atoms in total. The molecule has 0 aliphatic carbocycles. The summed E-state index contributed by atoms with van der Waals surface area (Å²) in [6.45, 7) is 2.26. The summed E-state index contributed by atoms with van der Waals surface area (Å²) in [4.78, 5) is 16.2. The number of carbonyl (C=O) groups is 1. The number of carbonyl (C=O) groups excluding carboxylic acids is 1. The highest BCUT2D eigenvalue weighted by atomic mass is 16.3. The van der Waals surface area contributed by atoms with Gasteiger partial charge in [-0.25, -0.2) is 0 Å². The quantitative estimate of drug-likeness (QED) is 0.756. The fourth-order valence-corrected chi connectivity index (χ4v) is 1.88. The van der Waals surface area contributed by atoms with Gasteiger partial charge in [0.2, 0.25) is 0 Å². The standard InChI is InChI=1S/C16H19N3O2/c1-12(11-20)19-16(21)14-6-2-3-7-15(14)18-10-13-5-4-8-17-9-13/h2-9,12,18,20H,10-11H2,1H3,(H,19,21)/t12-/m1/s1. The largest absolute Gasteiger partial charge is 0.394 e. The van der Waals surface area contributed by atoms with E-state index in [1.54, 1.807) is 25.4 Å². The summed E-state index contributed by atoms with van der Waals surface area (Å²) in [5, 5.41) is 15.0. The molecule has 3 N–H and O–H groups in total. The van der Waals surface area contributed by atoms with Crippen molar-refractivity contribution in [2.24, 2.45) is 0 Å². The van der Waals surface area contributed by atoms with Gasteiger partial charge in [0.15, 0.2) is 0 Å². The van der Waals surface area contributed by atoms with Gasteiger partial charge >= 0.3 is 0 Å². The first kappa shape index (κ1) is 15.0. The average Bonchev–Trinajstić information content (AvgIpc) is 2.54. The van der Waals surface area contributed by atoms with E-state index in [-0.39, 0.29) is 18.6 Å². The van der Waals surface area contributed by atoms with E-state index in [0.717, 1.165) is 11.3 Å². The van der Waals surface area contributed by atoms with Crippen LogP contribution in [0.4, 0.5) is 5.69 Å². The summed E-state index contributed by atoms with van der Waals surface area (Å²) in [5.41, 5.74) is 2.35. The first-order valence-corrected chi connectivity index (χ1v) is 6.84. The molecule has 1 aromatic heterocycles. The molecule has 21 heavy (non-hydrogen) atoms. The predicted octanol–water partition coefficient (Wildman–Crippen LogP) is 1.80. The maximum atomic E-state index is 12.2. The van der Waals surface area contributed by atoms with Crippen LogP contribution >= 0.6 is 0 Å². The summed E-state index contributed by atoms with van der Waals surface area (Å²) in [6, 6.07) is 10.9. The van der Waals surface area contributed by atoms with E-state index in [9.17, 15) is 4.79 Å². The fraction of sp³-hybridized carbons (Fsp3) is 0.250. The number of benzene rings is 1. The number of nitrogens with zero attached hydrogens (tertiary/aromatic N) is 1. The lowest BCUT2D eigenvalue weighted by molar-refractivity contribution is 0.0923. The number of anilines is 1. The SMILES string of the molecule is C[C@H](CO)NC(=O)c1ccccc1NCc1cccnc1. The third kappa shape index (κ3) is 4.29. The third-order valence-corrected chi connectivity index (χ3v) is 3.03. The number of hydrogen-bond donors (Lipinski definition) is 3. The monoisotopic (exact) mass is 285 g/mol. The second-order valence-electron chi connectivity index (χ2n) is 4.82. The fourth-order valence-electron chi connectivity index (χ4n) is 1.88. The van der Waals surface area contributed by atoms with Gasteiger partial charge in [0, 0.05) is 30.7 Å². The van der Waals surface area contributed by atoms with Crippen LogP contribution in [0.2, 0.25) is 0 Å². The van der Waals surface area contributed by atoms with Gasteiger partial charge in [0.1, 0.15) is 0 Å². The number of hydrogen-bond acceptors (Lipinski definition) is 4. The van der Waals surface area contributed by atoms with Crippen LogP contribution < -0.4 is 10.6 Å². The van der Waals surface area contributed by atoms with E-state index in [4.69, 9.17) is 5.11 Å². The maximum Gasteiger partial charge on any atom is 0.253 e. The maximum absolute atomic E-state index is 12.2. The molecule has 1 heterocycles. The molecule has 1 amide bonds. The van der Waals surface area contributed by atoms with Crippen molar-refractivity contribution in [2.75, 3.05) is 11.9 Å². The molecule has 1 aromatic carbocycles. The highest BCUT2D eigenvalue weighted by Gasteiger charge is 2.12. The number of amides is 1. The molecule has 0 bridgehead atoms. The Kier molecular flexibility index (Phi) is 5.29. The van der Waals surface area contributed by atoms with Crippen molar-refractivity contribution >= 4 is 11.6 Å². The van der Waals surface area contributed by atoms with Crippen molar-refractivity contribution in [3.8, 4) is 0 Å². The highest BCUT2D eigenvalue weighted by molar-refractivity contribution is 5.99. The Morgan fingerprint density at radius 2 is 2.10 bits per heavy atom. The Morgan fingerprint density at radius 3 is 2.81 bits per heavy atom. The molecular weight excluding hydrogens is 266 g/mol. The molecule has 2 aromatic rings. The minimum atomic E-state index is -0.274. The van der Waals surface area contributed by atoms with Crippen molar-refractivity contribution in [3.05, 3.63) is 59.9 Å². The van der Waals surface area contributed by atoms with Crippen LogP contribution in [0.15, 0.2) is 48.8 Å². The van der Waals surface area contributed by atoms with Crippen LogP contribution in [-0.2, 0) is 6.54 Å². The van der Waals surface area contributed by atoms with Crippen LogP contribution in [-0.4, -0.2) is 28.6 Å². The second-order valence-corrected chi connectivity index (χ2v) is 4.82. The van der Waals surface area contributed by atoms with E-state index in [0.29, 0.717) is 12.1 Å². The lowest BCUT2D eigenvalue weighted by Crippen LogP contribution is -2.35. The van der Waals surface area contributed by atoms with E-state index >= 15 is 0 Å². The molecule has 5 heteroatoms. The third-order valence-electron chi connectivity index (χ3n) is 3.03. The van der Waals surface area contributed by atoms with E-state index in [2.05, 4.69) is 15.6 Å². The minimum Gasteiger partial charge on any atom is -0.394 e. The topological polar surface area (TPSA) is 74.2 Å². The van der Waals surface area contributed by atoms with Gasteiger partial charge in [-0.05, 0) is 30.7 Å². The summed E-state index contributed by atoms with van der Waals surface area (Å²) < 4.78 is 0. The molecular formula is C16H19N3O2. The Labute approximate surface area is 124 Å². The van der Waals surface area contributed by atoms with Gasteiger partial charge in [0.05, 0.1) is 12.2 Å². The van der Waals surface area contributed by atoms with Crippen LogP contribution in [0.3, 0.4) is 0 Å². The number of para-hydroxylation sites is 1. The number of aliphatic hydroxyl groups is 1. The molecule has 0 unspecified atom stereocenters. The van der Waals surface area contributed by atoms with E-state index in [1.807, 2.05) is 30.3 Å². The van der Waals surface area contributed by atoms with Gasteiger partial charge < -0.3 is 15.7 Å². The summed E-state index contributed by atoms with van der Waals surface area (Å²) in [6.07, 6.45) is 3.50. The average molecular weight is 285 g/mol. The summed E-state index contributed by atoms with van der Waals surface area (Å²) >= 11 is 0. The van der Waals surface area contributed by atoms with Crippen molar-refractivity contribution in [2.45, 2.75) is 19.5 Å². The molecule has 0 aliphatic rings. The number of rotatable bonds is 6. The first-order chi connectivity index (χ1) is 10.2. The molecule has 0 radical (unpaired) electrons. The highest BCUT2D eigenvalue weighted by Crippen LogP contribution is 2.16. The zero-order valence-electron chi connectivity index (χ0n) is 11.9. The Morgan fingerprint density at radius 1 is 1.29 bits per heavy atom. The van der Waals surface area contributed by atoms with Crippen molar-refractivity contribution in [1.82, 2.24) is 10.3 Å². The van der Waals surface area contributed by atoms with Crippen LogP contribution in [0.1, 0.15) is 22.8 Å². The second kappa shape index (κ2) is 7.40. The van der Waals surface area contributed by atoms with Crippen LogP contribution in [0.25, 0.3) is 0 Å². The molecule has 0 saturated heterocycles. The first-order valence-electron chi connectivity index (χ1n) is 6.84. The molecule has 1 atom stereocenters. The van der Waals surface area contributed by atoms with Gasteiger partial charge in [-0.2, -0.15) is 0 Å². The number of pyridine rings is 1. The van der Waals surface area contributed by atoms with Crippen molar-refractivity contribution in [1.29, 1.82) is 0 Å². The zero-order chi connectivity index (χ0) is 15.1. The van der Waals surface area contributed by atoms with Crippen molar-refractivity contribution in [3.63, 3.8) is 0 Å². The van der Waals surface area contributed by atoms with Crippen LogP contribution in [0.5, 0.6) is 0 Å². The van der Waals surface area contributed by atoms with Gasteiger partial charge in [-0.3, -0.25) is 9.78 Å². The van der Waals surface area contributed by atoms with Gasteiger partial charge in [-0.1, -0.05) is 18.2 Å². The molecule has 0 aliphatic heterocycles. The van der Waals surface area contributed by atoms with E-state index < -0.39 is 0 Å². The lowest BCUT2D eigenvalue weighted by Gasteiger charge is -2.14. The Bertz CT molecular complexity index is 587. The summed E-state index contributed by atoms with van der Waals surface area (Å²) in [5.74, 6) is -0.203. The number of nitrogens with one attached hydrogen (secondary N) is 2. The summed E-state index contributed by atoms with van der Waals surface area (Å²) in [7, 11) is 0. The van der Waals surface area contributed by atoms with Gasteiger partial charge in [-0.15, -0.1) is 0 Å². The van der Waals surface area contributed by atoms with Crippen molar-refractivity contribution < 1.29 is 9.90 Å². The molecule has 0 saturated carbocycles. The minimum absolute atomic E-state index is 0.0863. The smallest absolute Gasteiger partial charge is 0.253 e. The van der Waals surface area contributed by atoms with E-state index in [1.165, 1.54) is 0 Å². The van der Waals surface area contributed by atoms with Gasteiger partial charge in [0.25, 0.3) is 5.91 Å². The number of aromatic nitrogens is 1. The van der Waals surface area contributed by atoms with Crippen LogP contribution in [0, 0.1) is 0 Å². The Hall–Kier alpha value is -2.40. The predicted molar refractivity (Wildman–Crippen MR) is 82.0 cm³/mol. The molecule has 0 fully saturated rings. The Balaban J connectivity index is 2.08. The number of aliphatic hydroxyl groups excluding tert-OH is 1. The molecule has 2 rings (SSSR count). The molecule has 110 valence electrons. The normalized spacial score (nSPS) is 11.7. The molecule has 0 spiro atoms. The zero-order valence-corrected chi connectivity index (χ0v) is 11.9. The lowest BCUT2D eigenvalue weighted by atomic mass is 10.1.